The summed E-state index contributed by atoms with van der Waals surface area (Å²) in [6.45, 7) is 2.79. The van der Waals surface area contributed by atoms with Gasteiger partial charge >= 0.3 is 0 Å². The Morgan fingerprint density at radius 2 is 2.10 bits per heavy atom. The highest BCUT2D eigenvalue weighted by molar-refractivity contribution is 7.21. The Balaban J connectivity index is 1.57. The second-order valence-corrected chi connectivity index (χ2v) is 9.03. The lowest BCUT2D eigenvalue weighted by molar-refractivity contribution is 0.121. The van der Waals surface area contributed by atoms with E-state index in [2.05, 4.69) is 21.7 Å². The number of allylic oxidation sites excluding steroid dienone is 1. The average molecular weight is 419 g/mol. The molecule has 2 aromatic heterocycles. The maximum Gasteiger partial charge on any atom is 0.224 e. The van der Waals surface area contributed by atoms with Crippen molar-refractivity contribution in [3.63, 3.8) is 0 Å². The number of hydrogen-bond acceptors (Lipinski definition) is 8. The number of rotatable bonds is 6. The first-order chi connectivity index (χ1) is 14.5. The van der Waals surface area contributed by atoms with Crippen LogP contribution in [0.2, 0.25) is 0 Å². The summed E-state index contributed by atoms with van der Waals surface area (Å²) in [6, 6.07) is 10.1. The molecule has 0 amide bonds. The van der Waals surface area contributed by atoms with Crippen LogP contribution in [-0.4, -0.2) is 32.3 Å². The largest absolute Gasteiger partial charge is 0.367 e. The molecule has 0 saturated heterocycles. The SMILES string of the molecule is Cc1nc(NCC2CC2)nc(NC2(O)C=C(C#N)CC2)c1-c1nc2ccccc2s1. The molecule has 3 aromatic rings. The zero-order valence-corrected chi connectivity index (χ0v) is 17.5. The van der Waals surface area contributed by atoms with Crippen LogP contribution in [0.4, 0.5) is 11.8 Å². The van der Waals surface area contributed by atoms with E-state index in [0.717, 1.165) is 33.0 Å². The summed E-state index contributed by atoms with van der Waals surface area (Å²) in [6.07, 6.45) is 5.02. The normalized spacial score (nSPS) is 20.8. The first-order valence-electron chi connectivity index (χ1n) is 10.1. The lowest BCUT2D eigenvalue weighted by Crippen LogP contribution is -2.34. The van der Waals surface area contributed by atoms with E-state index in [1.807, 2.05) is 31.2 Å². The Morgan fingerprint density at radius 1 is 1.27 bits per heavy atom. The Labute approximate surface area is 178 Å². The zero-order chi connectivity index (χ0) is 20.7. The van der Waals surface area contributed by atoms with E-state index in [0.29, 0.717) is 36.1 Å². The minimum Gasteiger partial charge on any atom is -0.367 e. The van der Waals surface area contributed by atoms with E-state index in [1.165, 1.54) is 12.8 Å². The van der Waals surface area contributed by atoms with Gasteiger partial charge in [-0.15, -0.1) is 11.3 Å². The van der Waals surface area contributed by atoms with E-state index in [1.54, 1.807) is 17.4 Å². The predicted molar refractivity (Wildman–Crippen MR) is 118 cm³/mol. The minimum absolute atomic E-state index is 0.420. The molecule has 152 valence electrons. The molecule has 1 aromatic carbocycles. The Hall–Kier alpha value is -3.02. The fraction of sp³-hybridized carbons (Fsp3) is 0.364. The number of nitrogens with one attached hydrogen (secondary N) is 2. The van der Waals surface area contributed by atoms with Gasteiger partial charge in [0.2, 0.25) is 5.95 Å². The van der Waals surface area contributed by atoms with Crippen molar-refractivity contribution in [1.29, 1.82) is 5.26 Å². The number of thiazole rings is 1. The molecular formula is C22H22N6OS. The van der Waals surface area contributed by atoms with Crippen LogP contribution in [0.15, 0.2) is 35.9 Å². The summed E-state index contributed by atoms with van der Waals surface area (Å²) in [7, 11) is 0. The van der Waals surface area contributed by atoms with Crippen molar-refractivity contribution in [2.75, 3.05) is 17.2 Å². The molecule has 7 nitrogen and oxygen atoms in total. The van der Waals surface area contributed by atoms with Gasteiger partial charge in [-0.25, -0.2) is 9.97 Å². The van der Waals surface area contributed by atoms with Crippen LogP contribution in [0.1, 0.15) is 31.4 Å². The highest BCUT2D eigenvalue weighted by Crippen LogP contribution is 2.39. The van der Waals surface area contributed by atoms with Crippen LogP contribution < -0.4 is 10.6 Å². The lowest BCUT2D eigenvalue weighted by atomic mass is 10.1. The molecule has 0 spiro atoms. The quantitative estimate of drug-likeness (QED) is 0.514. The highest BCUT2D eigenvalue weighted by Gasteiger charge is 2.33. The maximum absolute atomic E-state index is 11.0. The average Bonchev–Trinajstić information content (AvgIpc) is 3.34. The number of anilines is 2. The lowest BCUT2D eigenvalue weighted by Gasteiger charge is -2.24. The zero-order valence-electron chi connectivity index (χ0n) is 16.6. The summed E-state index contributed by atoms with van der Waals surface area (Å²) in [5.41, 5.74) is 1.75. The molecule has 0 bridgehead atoms. The van der Waals surface area contributed by atoms with Crippen LogP contribution in [-0.2, 0) is 0 Å². The van der Waals surface area contributed by atoms with Crippen molar-refractivity contribution in [2.45, 2.75) is 38.3 Å². The van der Waals surface area contributed by atoms with Gasteiger partial charge in [0, 0.05) is 18.5 Å². The smallest absolute Gasteiger partial charge is 0.224 e. The van der Waals surface area contributed by atoms with Crippen molar-refractivity contribution < 1.29 is 5.11 Å². The third-order valence-corrected chi connectivity index (χ3v) is 6.56. The summed E-state index contributed by atoms with van der Waals surface area (Å²) in [4.78, 5) is 14.1. The van der Waals surface area contributed by atoms with E-state index >= 15 is 0 Å². The number of benzene rings is 1. The predicted octanol–water partition coefficient (Wildman–Crippen LogP) is 4.23. The summed E-state index contributed by atoms with van der Waals surface area (Å²) in [5, 5.41) is 27.5. The second-order valence-electron chi connectivity index (χ2n) is 8.00. The van der Waals surface area contributed by atoms with Crippen LogP contribution >= 0.6 is 11.3 Å². The number of nitrogens with zero attached hydrogens (tertiary/aromatic N) is 4. The van der Waals surface area contributed by atoms with E-state index in [4.69, 9.17) is 9.97 Å². The van der Waals surface area contributed by atoms with Gasteiger partial charge < -0.3 is 15.7 Å². The third kappa shape index (κ3) is 3.74. The van der Waals surface area contributed by atoms with Gasteiger partial charge in [0.05, 0.1) is 27.5 Å². The Morgan fingerprint density at radius 3 is 2.83 bits per heavy atom. The molecule has 3 N–H and O–H groups in total. The number of nitriles is 1. The Kier molecular flexibility index (Phi) is 4.65. The fourth-order valence-corrected chi connectivity index (χ4v) is 4.75. The highest BCUT2D eigenvalue weighted by atomic mass is 32.1. The number of hydrogen-bond donors (Lipinski definition) is 3. The number of para-hydroxylation sites is 1. The summed E-state index contributed by atoms with van der Waals surface area (Å²) in [5.74, 6) is 1.75. The van der Waals surface area contributed by atoms with Gasteiger partial charge in [0.1, 0.15) is 10.8 Å². The van der Waals surface area contributed by atoms with Crippen molar-refractivity contribution >= 4 is 33.3 Å². The van der Waals surface area contributed by atoms with E-state index in [-0.39, 0.29) is 0 Å². The first kappa shape index (κ1) is 19.0. The first-order valence-corrected chi connectivity index (χ1v) is 11.0. The number of aromatic nitrogens is 3. The third-order valence-electron chi connectivity index (χ3n) is 5.51. The van der Waals surface area contributed by atoms with Gasteiger partial charge in [-0.05, 0) is 50.3 Å². The van der Waals surface area contributed by atoms with Crippen molar-refractivity contribution in [1.82, 2.24) is 15.0 Å². The van der Waals surface area contributed by atoms with Crippen molar-refractivity contribution in [3.05, 3.63) is 41.6 Å². The fourth-order valence-electron chi connectivity index (χ4n) is 3.68. The molecular weight excluding hydrogens is 396 g/mol. The van der Waals surface area contributed by atoms with Gasteiger partial charge in [-0.3, -0.25) is 0 Å². The molecule has 5 rings (SSSR count). The van der Waals surface area contributed by atoms with Gasteiger partial charge in [-0.1, -0.05) is 12.1 Å². The van der Waals surface area contributed by atoms with Crippen molar-refractivity contribution in [3.8, 4) is 16.6 Å². The molecule has 1 unspecified atom stereocenters. The molecule has 2 aliphatic carbocycles. The molecule has 8 heteroatoms. The Bertz CT molecular complexity index is 1160. The standard InChI is InChI=1S/C22H22N6OS/c1-13-18(20-26-16-4-2-3-5-17(16)30-20)19(27-21(25-13)24-12-14-6-7-14)28-22(29)9-8-15(10-22)11-23/h2-5,10,14,29H,6-9,12H2,1H3,(H2,24,25,27,28). The van der Waals surface area contributed by atoms with E-state index in [9.17, 15) is 10.4 Å². The van der Waals surface area contributed by atoms with Crippen LogP contribution in [0, 0.1) is 24.2 Å². The number of aliphatic hydroxyl groups is 1. The molecule has 0 aliphatic heterocycles. The van der Waals surface area contributed by atoms with Crippen molar-refractivity contribution in [2.24, 2.45) is 5.92 Å². The summed E-state index contributed by atoms with van der Waals surface area (Å²) < 4.78 is 1.08. The van der Waals surface area contributed by atoms with Crippen LogP contribution in [0.3, 0.4) is 0 Å². The van der Waals surface area contributed by atoms with Gasteiger partial charge in [0.25, 0.3) is 0 Å². The molecule has 1 atom stereocenters. The van der Waals surface area contributed by atoms with Gasteiger partial charge in [0.15, 0.2) is 5.72 Å². The van der Waals surface area contributed by atoms with Crippen LogP contribution in [0.5, 0.6) is 0 Å². The minimum atomic E-state index is -1.31. The molecule has 2 heterocycles. The summed E-state index contributed by atoms with van der Waals surface area (Å²) >= 11 is 1.57. The topological polar surface area (TPSA) is 107 Å². The van der Waals surface area contributed by atoms with Gasteiger partial charge in [-0.2, -0.15) is 10.2 Å². The second kappa shape index (κ2) is 7.35. The maximum atomic E-state index is 11.0. The number of aryl methyl sites for hydroxylation is 1. The molecule has 1 fully saturated rings. The monoisotopic (exact) mass is 418 g/mol. The number of fused-ring (bicyclic) bond motifs is 1. The molecule has 1 saturated carbocycles. The molecule has 2 aliphatic rings. The molecule has 0 radical (unpaired) electrons. The van der Waals surface area contributed by atoms with E-state index < -0.39 is 5.72 Å². The van der Waals surface area contributed by atoms with Crippen LogP contribution in [0.25, 0.3) is 20.8 Å². The molecule has 30 heavy (non-hydrogen) atoms.